The van der Waals surface area contributed by atoms with Crippen LogP contribution in [0, 0.1) is 0 Å². The summed E-state index contributed by atoms with van der Waals surface area (Å²) in [7, 11) is 0. The zero-order valence-electron chi connectivity index (χ0n) is 11.5. The molecule has 0 spiro atoms. The van der Waals surface area contributed by atoms with E-state index in [0.29, 0.717) is 18.2 Å². The number of aromatic hydroxyl groups is 1. The summed E-state index contributed by atoms with van der Waals surface area (Å²) in [5.74, 6) is 1.21. The average Bonchev–Trinajstić information content (AvgIpc) is 2.76. The van der Waals surface area contributed by atoms with E-state index in [9.17, 15) is 5.11 Å². The van der Waals surface area contributed by atoms with Gasteiger partial charge in [-0.25, -0.2) is 0 Å². The van der Waals surface area contributed by atoms with Crippen molar-refractivity contribution in [2.75, 3.05) is 6.54 Å². The highest BCUT2D eigenvalue weighted by atomic mass is 16.4. The molecule has 1 aromatic carbocycles. The molecule has 2 N–H and O–H groups in total. The number of phenolic OH excluding ortho intramolecular Hbond substituents is 1. The fraction of sp³-hybridized carbons (Fsp3) is 0.429. The Morgan fingerprint density at radius 2 is 2.05 bits per heavy atom. The first-order valence-corrected chi connectivity index (χ1v) is 6.31. The molecule has 5 heteroatoms. The number of phenols is 1. The van der Waals surface area contributed by atoms with E-state index in [0.717, 1.165) is 12.1 Å². The number of hydrogen-bond donors (Lipinski definition) is 2. The molecule has 0 atom stereocenters. The SMILES string of the molecule is CC(C)(C)NCCc1nnc(-c2cccc(O)c2)o1. The van der Waals surface area contributed by atoms with E-state index in [1.807, 2.05) is 6.07 Å². The number of nitrogens with one attached hydrogen (secondary N) is 1. The standard InChI is InChI=1S/C14H19N3O2/c1-14(2,3)15-8-7-12-16-17-13(19-12)10-5-4-6-11(18)9-10/h4-6,9,15,18H,7-8H2,1-3H3. The normalized spacial score (nSPS) is 11.7. The zero-order chi connectivity index (χ0) is 13.9. The topological polar surface area (TPSA) is 71.2 Å². The summed E-state index contributed by atoms with van der Waals surface area (Å²) in [6.45, 7) is 7.11. The number of benzene rings is 1. The average molecular weight is 261 g/mol. The van der Waals surface area contributed by atoms with Crippen molar-refractivity contribution in [2.24, 2.45) is 0 Å². The van der Waals surface area contributed by atoms with Crippen LogP contribution in [-0.2, 0) is 6.42 Å². The van der Waals surface area contributed by atoms with Crippen LogP contribution in [0.1, 0.15) is 26.7 Å². The summed E-state index contributed by atoms with van der Waals surface area (Å²) in [5, 5.41) is 20.8. The summed E-state index contributed by atoms with van der Waals surface area (Å²) in [5.41, 5.74) is 0.802. The van der Waals surface area contributed by atoms with Gasteiger partial charge in [-0.3, -0.25) is 0 Å². The molecule has 1 heterocycles. The molecule has 0 amide bonds. The molecule has 1 aromatic heterocycles. The lowest BCUT2D eigenvalue weighted by molar-refractivity contribution is 0.411. The van der Waals surface area contributed by atoms with Gasteiger partial charge in [0.25, 0.3) is 0 Å². The predicted octanol–water partition coefficient (Wildman–Crippen LogP) is 2.37. The van der Waals surface area contributed by atoms with Crippen LogP contribution in [-0.4, -0.2) is 27.4 Å². The van der Waals surface area contributed by atoms with Crippen LogP contribution in [0.25, 0.3) is 11.5 Å². The summed E-state index contributed by atoms with van der Waals surface area (Å²) < 4.78 is 5.57. The minimum Gasteiger partial charge on any atom is -0.508 e. The maximum Gasteiger partial charge on any atom is 0.247 e. The third kappa shape index (κ3) is 4.06. The monoisotopic (exact) mass is 261 g/mol. The molecular formula is C14H19N3O2. The Labute approximate surface area is 112 Å². The summed E-state index contributed by atoms with van der Waals surface area (Å²) in [6.07, 6.45) is 0.684. The van der Waals surface area contributed by atoms with E-state index < -0.39 is 0 Å². The van der Waals surface area contributed by atoms with E-state index in [1.54, 1.807) is 18.2 Å². The molecule has 2 rings (SSSR count). The summed E-state index contributed by atoms with van der Waals surface area (Å²) in [4.78, 5) is 0. The van der Waals surface area contributed by atoms with Crippen molar-refractivity contribution in [1.29, 1.82) is 0 Å². The van der Waals surface area contributed by atoms with Crippen molar-refractivity contribution in [3.05, 3.63) is 30.2 Å². The lowest BCUT2D eigenvalue weighted by Crippen LogP contribution is -2.37. The second-order valence-electron chi connectivity index (χ2n) is 5.48. The second kappa shape index (κ2) is 5.40. The number of hydrogen-bond acceptors (Lipinski definition) is 5. The highest BCUT2D eigenvalue weighted by molar-refractivity contribution is 5.54. The summed E-state index contributed by atoms with van der Waals surface area (Å²) >= 11 is 0. The predicted molar refractivity (Wildman–Crippen MR) is 72.9 cm³/mol. The first-order chi connectivity index (χ1) is 8.94. The molecule has 0 aliphatic heterocycles. The molecule has 0 saturated heterocycles. The third-order valence-corrected chi connectivity index (χ3v) is 2.55. The molecule has 5 nitrogen and oxygen atoms in total. The van der Waals surface area contributed by atoms with Crippen LogP contribution in [0.2, 0.25) is 0 Å². The highest BCUT2D eigenvalue weighted by Crippen LogP contribution is 2.21. The Morgan fingerprint density at radius 1 is 1.26 bits per heavy atom. The molecule has 0 bridgehead atoms. The quantitative estimate of drug-likeness (QED) is 0.884. The van der Waals surface area contributed by atoms with Gasteiger partial charge in [0.1, 0.15) is 5.75 Å². The molecule has 0 radical (unpaired) electrons. The lowest BCUT2D eigenvalue weighted by atomic mass is 10.1. The van der Waals surface area contributed by atoms with Gasteiger partial charge >= 0.3 is 0 Å². The van der Waals surface area contributed by atoms with E-state index >= 15 is 0 Å². The Kier molecular flexibility index (Phi) is 3.85. The Balaban J connectivity index is 1.99. The Bertz CT molecular complexity index is 544. The number of rotatable bonds is 4. The minimum atomic E-state index is 0.0775. The van der Waals surface area contributed by atoms with E-state index in [2.05, 4.69) is 36.3 Å². The van der Waals surface area contributed by atoms with Crippen molar-refractivity contribution in [3.8, 4) is 17.2 Å². The maximum absolute atomic E-state index is 9.41. The van der Waals surface area contributed by atoms with Gasteiger partial charge in [-0.1, -0.05) is 6.07 Å². The molecule has 2 aromatic rings. The van der Waals surface area contributed by atoms with Crippen molar-refractivity contribution in [1.82, 2.24) is 15.5 Å². The van der Waals surface area contributed by atoms with Gasteiger partial charge in [0.15, 0.2) is 0 Å². The highest BCUT2D eigenvalue weighted by Gasteiger charge is 2.11. The van der Waals surface area contributed by atoms with Gasteiger partial charge in [-0.2, -0.15) is 0 Å². The first-order valence-electron chi connectivity index (χ1n) is 6.31. The van der Waals surface area contributed by atoms with Gasteiger partial charge in [-0.05, 0) is 39.0 Å². The van der Waals surface area contributed by atoms with Crippen LogP contribution >= 0.6 is 0 Å². The van der Waals surface area contributed by atoms with Gasteiger partial charge in [-0.15, -0.1) is 10.2 Å². The van der Waals surface area contributed by atoms with Gasteiger partial charge in [0.2, 0.25) is 11.8 Å². The minimum absolute atomic E-state index is 0.0775. The smallest absolute Gasteiger partial charge is 0.247 e. The van der Waals surface area contributed by atoms with Crippen LogP contribution in [0.3, 0.4) is 0 Å². The van der Waals surface area contributed by atoms with Crippen LogP contribution in [0.5, 0.6) is 5.75 Å². The Morgan fingerprint density at radius 3 is 2.74 bits per heavy atom. The molecule has 0 unspecified atom stereocenters. The first kappa shape index (κ1) is 13.5. The molecule has 0 aliphatic carbocycles. The van der Waals surface area contributed by atoms with Crippen molar-refractivity contribution in [2.45, 2.75) is 32.7 Å². The molecular weight excluding hydrogens is 242 g/mol. The summed E-state index contributed by atoms with van der Waals surface area (Å²) in [6, 6.07) is 6.78. The number of nitrogens with zero attached hydrogens (tertiary/aromatic N) is 2. The van der Waals surface area contributed by atoms with E-state index in [-0.39, 0.29) is 11.3 Å². The van der Waals surface area contributed by atoms with Crippen molar-refractivity contribution in [3.63, 3.8) is 0 Å². The largest absolute Gasteiger partial charge is 0.508 e. The van der Waals surface area contributed by atoms with Gasteiger partial charge in [0.05, 0.1) is 0 Å². The van der Waals surface area contributed by atoms with Gasteiger partial charge in [0, 0.05) is 24.1 Å². The van der Waals surface area contributed by atoms with Crippen LogP contribution in [0.15, 0.2) is 28.7 Å². The lowest BCUT2D eigenvalue weighted by Gasteiger charge is -2.19. The molecule has 0 aliphatic rings. The van der Waals surface area contributed by atoms with E-state index in [4.69, 9.17) is 4.42 Å². The fourth-order valence-electron chi connectivity index (χ4n) is 1.65. The molecule has 0 saturated carbocycles. The second-order valence-corrected chi connectivity index (χ2v) is 5.48. The third-order valence-electron chi connectivity index (χ3n) is 2.55. The van der Waals surface area contributed by atoms with Gasteiger partial charge < -0.3 is 14.8 Å². The number of aromatic nitrogens is 2. The molecule has 0 fully saturated rings. The fourth-order valence-corrected chi connectivity index (χ4v) is 1.65. The Hall–Kier alpha value is -1.88. The molecule has 19 heavy (non-hydrogen) atoms. The molecule has 102 valence electrons. The van der Waals surface area contributed by atoms with Crippen molar-refractivity contribution < 1.29 is 9.52 Å². The van der Waals surface area contributed by atoms with Crippen molar-refractivity contribution >= 4 is 0 Å². The zero-order valence-corrected chi connectivity index (χ0v) is 11.5. The van der Waals surface area contributed by atoms with Crippen LogP contribution < -0.4 is 5.32 Å². The van der Waals surface area contributed by atoms with Crippen LogP contribution in [0.4, 0.5) is 0 Å². The maximum atomic E-state index is 9.41. The van der Waals surface area contributed by atoms with E-state index in [1.165, 1.54) is 0 Å².